The van der Waals surface area contributed by atoms with Gasteiger partial charge in [-0.1, -0.05) is 0 Å². The minimum absolute atomic E-state index is 0.0235. The lowest BCUT2D eigenvalue weighted by molar-refractivity contribution is 0.559. The highest BCUT2D eigenvalue weighted by molar-refractivity contribution is 7.92. The molecule has 1 rings (SSSR count). The third-order valence-corrected chi connectivity index (χ3v) is 4.62. The van der Waals surface area contributed by atoms with Gasteiger partial charge in [0, 0.05) is 12.8 Å². The van der Waals surface area contributed by atoms with E-state index < -0.39 is 14.6 Å². The Hall–Kier alpha value is -1.15. The van der Waals surface area contributed by atoms with Gasteiger partial charge < -0.3 is 11.1 Å². The van der Waals surface area contributed by atoms with Gasteiger partial charge in [0.2, 0.25) is 17.2 Å². The number of nitrogen functional groups attached to an aromatic ring is 1. The lowest BCUT2D eigenvalue weighted by Crippen LogP contribution is -2.38. The zero-order valence-corrected chi connectivity index (χ0v) is 11.3. The molecule has 1 aromatic heterocycles. The summed E-state index contributed by atoms with van der Waals surface area (Å²) in [4.78, 5) is 11.2. The highest BCUT2D eigenvalue weighted by Crippen LogP contribution is 2.16. The topological polar surface area (TPSA) is 111 Å². The van der Waals surface area contributed by atoms with E-state index in [4.69, 9.17) is 17.3 Å². The molecule has 0 fully saturated rings. The molecule has 0 aromatic carbocycles. The lowest BCUT2D eigenvalue weighted by atomic mass is 10.2. The molecule has 0 saturated heterocycles. The molecule has 9 heteroatoms. The molecule has 7 nitrogen and oxygen atoms in total. The molecule has 0 unspecified atom stereocenters. The monoisotopic (exact) mass is 279 g/mol. The van der Waals surface area contributed by atoms with E-state index in [2.05, 4.69) is 20.3 Å². The molecular weight excluding hydrogens is 266 g/mol. The molecule has 1 aromatic rings. The van der Waals surface area contributed by atoms with Crippen molar-refractivity contribution >= 4 is 33.3 Å². The Morgan fingerprint density at radius 3 is 2.41 bits per heavy atom. The van der Waals surface area contributed by atoms with Crippen LogP contribution in [0.5, 0.6) is 0 Å². The van der Waals surface area contributed by atoms with Gasteiger partial charge in [-0.3, -0.25) is 0 Å². The van der Waals surface area contributed by atoms with Crippen LogP contribution in [0.2, 0.25) is 5.28 Å². The van der Waals surface area contributed by atoms with Gasteiger partial charge in [-0.05, 0) is 25.4 Å². The van der Waals surface area contributed by atoms with Crippen molar-refractivity contribution in [3.8, 4) is 0 Å². The van der Waals surface area contributed by atoms with Gasteiger partial charge in [0.25, 0.3) is 0 Å². The Balaban J connectivity index is 2.81. The molecule has 0 bridgehead atoms. The van der Waals surface area contributed by atoms with Crippen molar-refractivity contribution in [2.75, 3.05) is 23.9 Å². The molecule has 0 aliphatic carbocycles. The summed E-state index contributed by atoms with van der Waals surface area (Å²) < 4.78 is 22.0. The molecule has 96 valence electrons. The second-order valence-corrected chi connectivity index (χ2v) is 7.16. The fraction of sp³-hybridized carbons (Fsp3) is 0.625. The summed E-state index contributed by atoms with van der Waals surface area (Å²) in [7, 11) is -3.19. The molecule has 0 radical (unpaired) electrons. The maximum Gasteiger partial charge on any atom is 0.228 e. The largest absolute Gasteiger partial charge is 0.368 e. The van der Waals surface area contributed by atoms with E-state index in [1.165, 1.54) is 6.26 Å². The molecule has 17 heavy (non-hydrogen) atoms. The van der Waals surface area contributed by atoms with Crippen molar-refractivity contribution in [1.82, 2.24) is 15.0 Å². The van der Waals surface area contributed by atoms with Crippen LogP contribution < -0.4 is 11.1 Å². The fourth-order valence-electron chi connectivity index (χ4n) is 0.867. The number of nitrogens with two attached hydrogens (primary N) is 1. The Morgan fingerprint density at radius 2 is 1.94 bits per heavy atom. The Bertz CT molecular complexity index is 496. The molecule has 0 amide bonds. The first-order chi connectivity index (χ1) is 7.62. The first-order valence-electron chi connectivity index (χ1n) is 4.72. The van der Waals surface area contributed by atoms with Gasteiger partial charge in [0.1, 0.15) is 0 Å². The third-order valence-electron chi connectivity index (χ3n) is 2.30. The second-order valence-electron chi connectivity index (χ2n) is 4.17. The van der Waals surface area contributed by atoms with Gasteiger partial charge in [0.15, 0.2) is 9.84 Å². The highest BCUT2D eigenvalue weighted by atomic mass is 35.5. The van der Waals surface area contributed by atoms with Gasteiger partial charge in [-0.15, -0.1) is 0 Å². The molecular formula is C8H14ClN5O2S. The molecule has 3 N–H and O–H groups in total. The molecule has 1 heterocycles. The minimum Gasteiger partial charge on any atom is -0.368 e. The van der Waals surface area contributed by atoms with Crippen molar-refractivity contribution in [1.29, 1.82) is 0 Å². The van der Waals surface area contributed by atoms with E-state index in [0.29, 0.717) is 0 Å². The normalized spacial score (nSPS) is 12.5. The quantitative estimate of drug-likeness (QED) is 0.817. The Labute approximate surface area is 105 Å². The summed E-state index contributed by atoms with van der Waals surface area (Å²) in [6.45, 7) is 3.34. The predicted molar refractivity (Wildman–Crippen MR) is 66.7 cm³/mol. The summed E-state index contributed by atoms with van der Waals surface area (Å²) in [5.74, 6) is 0.129. The summed E-state index contributed by atoms with van der Waals surface area (Å²) >= 11 is 5.59. The first kappa shape index (κ1) is 13.9. The summed E-state index contributed by atoms with van der Waals surface area (Å²) in [6, 6.07) is 0. The van der Waals surface area contributed by atoms with Crippen molar-refractivity contribution in [3.63, 3.8) is 0 Å². The van der Waals surface area contributed by atoms with E-state index in [0.717, 1.165) is 0 Å². The summed E-state index contributed by atoms with van der Waals surface area (Å²) in [5.41, 5.74) is 5.38. The number of anilines is 2. The van der Waals surface area contributed by atoms with Gasteiger partial charge in [-0.2, -0.15) is 15.0 Å². The number of hydrogen-bond acceptors (Lipinski definition) is 7. The van der Waals surface area contributed by atoms with Crippen LogP contribution in [0.25, 0.3) is 0 Å². The first-order valence-corrected chi connectivity index (χ1v) is 6.99. The number of halogens is 1. The molecule has 0 aliphatic rings. The number of rotatable bonds is 4. The highest BCUT2D eigenvalue weighted by Gasteiger charge is 2.30. The van der Waals surface area contributed by atoms with Crippen LogP contribution in [0.15, 0.2) is 0 Å². The lowest BCUT2D eigenvalue weighted by Gasteiger charge is -2.22. The van der Waals surface area contributed by atoms with E-state index in [9.17, 15) is 8.42 Å². The summed E-state index contributed by atoms with van der Waals surface area (Å²) in [6.07, 6.45) is 1.17. The summed E-state index contributed by atoms with van der Waals surface area (Å²) in [5, 5.41) is 2.72. The van der Waals surface area contributed by atoms with Crippen LogP contribution in [0, 0.1) is 0 Å². The second kappa shape index (κ2) is 4.61. The fourth-order valence-corrected chi connectivity index (χ4v) is 1.37. The van der Waals surface area contributed by atoms with Crippen molar-refractivity contribution < 1.29 is 8.42 Å². The number of nitrogens with zero attached hydrogens (tertiary/aromatic N) is 3. The van der Waals surface area contributed by atoms with Crippen LogP contribution in [-0.2, 0) is 9.84 Å². The van der Waals surface area contributed by atoms with Gasteiger partial charge in [-0.25, -0.2) is 8.42 Å². The zero-order valence-electron chi connectivity index (χ0n) is 9.73. The Kier molecular flexibility index (Phi) is 3.78. The smallest absolute Gasteiger partial charge is 0.228 e. The molecule has 0 atom stereocenters. The molecule has 0 spiro atoms. The van der Waals surface area contributed by atoms with Gasteiger partial charge in [0.05, 0.1) is 4.75 Å². The Morgan fingerprint density at radius 1 is 1.35 bits per heavy atom. The predicted octanol–water partition coefficient (Wildman–Crippen LogP) is 0.342. The van der Waals surface area contributed by atoms with E-state index in [-0.39, 0.29) is 23.7 Å². The average molecular weight is 280 g/mol. The van der Waals surface area contributed by atoms with Crippen LogP contribution in [0.3, 0.4) is 0 Å². The number of hydrogen-bond donors (Lipinski definition) is 2. The number of aromatic nitrogens is 3. The van der Waals surface area contributed by atoms with E-state index in [1.807, 2.05) is 0 Å². The minimum atomic E-state index is -3.19. The van der Waals surface area contributed by atoms with Crippen LogP contribution >= 0.6 is 11.6 Å². The number of nitrogens with one attached hydrogen (secondary N) is 1. The standard InChI is InChI=1S/C8H14ClN5O2S/c1-8(2,17(3,15)16)4-11-7-13-5(9)12-6(10)14-7/h4H2,1-3H3,(H3,10,11,12,13,14). The van der Waals surface area contributed by atoms with E-state index in [1.54, 1.807) is 13.8 Å². The maximum atomic E-state index is 11.5. The van der Waals surface area contributed by atoms with Crippen molar-refractivity contribution in [2.45, 2.75) is 18.6 Å². The van der Waals surface area contributed by atoms with E-state index >= 15 is 0 Å². The average Bonchev–Trinajstić information content (AvgIpc) is 2.11. The maximum absolute atomic E-state index is 11.5. The molecule has 0 saturated carbocycles. The zero-order chi connectivity index (χ0) is 13.3. The van der Waals surface area contributed by atoms with Crippen LogP contribution in [0.4, 0.5) is 11.9 Å². The van der Waals surface area contributed by atoms with Crippen LogP contribution in [-0.4, -0.2) is 40.9 Å². The van der Waals surface area contributed by atoms with Gasteiger partial charge >= 0.3 is 0 Å². The third kappa shape index (κ3) is 3.67. The van der Waals surface area contributed by atoms with Crippen LogP contribution in [0.1, 0.15) is 13.8 Å². The number of sulfone groups is 1. The van der Waals surface area contributed by atoms with Crippen molar-refractivity contribution in [2.24, 2.45) is 0 Å². The van der Waals surface area contributed by atoms with Crippen molar-refractivity contribution in [3.05, 3.63) is 5.28 Å². The SMILES string of the molecule is CC(C)(CNc1nc(N)nc(Cl)n1)S(C)(=O)=O. The molecule has 0 aliphatic heterocycles.